The van der Waals surface area contributed by atoms with E-state index in [2.05, 4.69) is 18.8 Å². The van der Waals surface area contributed by atoms with Crippen molar-refractivity contribution < 1.29 is 0 Å². The van der Waals surface area contributed by atoms with Crippen LogP contribution in [0.2, 0.25) is 0 Å². The number of nitrogens with one attached hydrogen (secondary N) is 1. The van der Waals surface area contributed by atoms with E-state index in [0.717, 1.165) is 12.8 Å². The van der Waals surface area contributed by atoms with E-state index in [1.165, 1.54) is 0 Å². The number of aromatic nitrogens is 2. The van der Waals surface area contributed by atoms with Gasteiger partial charge in [-0.25, -0.2) is 4.79 Å². The molecule has 4 nitrogen and oxygen atoms in total. The van der Waals surface area contributed by atoms with Crippen molar-refractivity contribution in [2.24, 2.45) is 5.92 Å². The Labute approximate surface area is 89.0 Å². The highest BCUT2D eigenvalue weighted by Crippen LogP contribution is 2.06. The molecule has 0 bridgehead atoms. The summed E-state index contributed by atoms with van der Waals surface area (Å²) >= 11 is 0. The highest BCUT2D eigenvalue weighted by Gasteiger charge is 2.05. The lowest BCUT2D eigenvalue weighted by Gasteiger charge is -2.12. The summed E-state index contributed by atoms with van der Waals surface area (Å²) in [5.41, 5.74) is -0.0220. The molecule has 1 rings (SSSR count). The Bertz CT molecular complexity index is 431. The lowest BCUT2D eigenvalue weighted by Crippen LogP contribution is -2.32. The number of nitrogens with zero attached hydrogens (tertiary/aromatic N) is 1. The molecule has 0 saturated heterocycles. The second kappa shape index (κ2) is 4.96. The molecule has 4 heteroatoms. The molecule has 1 heterocycles. The van der Waals surface area contributed by atoms with E-state index < -0.39 is 0 Å². The zero-order valence-electron chi connectivity index (χ0n) is 9.54. The third-order valence-corrected chi connectivity index (χ3v) is 2.48. The smallest absolute Gasteiger partial charge is 0.300 e. The van der Waals surface area contributed by atoms with Gasteiger partial charge in [-0.1, -0.05) is 20.3 Å². The fourth-order valence-corrected chi connectivity index (χ4v) is 1.67. The second-order valence-electron chi connectivity index (χ2n) is 4.12. The summed E-state index contributed by atoms with van der Waals surface area (Å²) in [6, 6.07) is 0. The first kappa shape index (κ1) is 11.8. The fourth-order valence-electron chi connectivity index (χ4n) is 1.67. The van der Waals surface area contributed by atoms with Crippen molar-refractivity contribution in [1.29, 1.82) is 0 Å². The van der Waals surface area contributed by atoms with Crippen molar-refractivity contribution >= 4 is 0 Å². The quantitative estimate of drug-likeness (QED) is 0.814. The lowest BCUT2D eigenvalue weighted by molar-refractivity contribution is 0.432. The standard InChI is InChI=1S/C11H18N2O2/c1-4-5-8(2)6-13-7-9(3)10(14)12-11(13)15/h7-8H,4-6H2,1-3H3,(H,12,14,15). The van der Waals surface area contributed by atoms with E-state index in [-0.39, 0.29) is 11.2 Å². The van der Waals surface area contributed by atoms with Crippen LogP contribution in [-0.2, 0) is 6.54 Å². The highest BCUT2D eigenvalue weighted by molar-refractivity contribution is 5.00. The average Bonchev–Trinajstić information content (AvgIpc) is 2.14. The second-order valence-corrected chi connectivity index (χ2v) is 4.12. The van der Waals surface area contributed by atoms with E-state index >= 15 is 0 Å². The molecule has 0 radical (unpaired) electrons. The first-order valence-corrected chi connectivity index (χ1v) is 5.35. The average molecular weight is 210 g/mol. The lowest BCUT2D eigenvalue weighted by atomic mass is 10.1. The molecule has 1 atom stereocenters. The van der Waals surface area contributed by atoms with Crippen LogP contribution in [0.5, 0.6) is 0 Å². The van der Waals surface area contributed by atoms with Gasteiger partial charge in [0.05, 0.1) is 0 Å². The summed E-state index contributed by atoms with van der Waals surface area (Å²) in [4.78, 5) is 24.9. The summed E-state index contributed by atoms with van der Waals surface area (Å²) in [5.74, 6) is 0.456. The summed E-state index contributed by atoms with van der Waals surface area (Å²) in [5, 5.41) is 0. The van der Waals surface area contributed by atoms with Gasteiger partial charge >= 0.3 is 5.69 Å². The molecule has 0 saturated carbocycles. The summed E-state index contributed by atoms with van der Waals surface area (Å²) in [6.07, 6.45) is 3.83. The molecule has 0 spiro atoms. The van der Waals surface area contributed by atoms with Crippen LogP contribution in [0.1, 0.15) is 32.3 Å². The third-order valence-electron chi connectivity index (χ3n) is 2.48. The van der Waals surface area contributed by atoms with Gasteiger partial charge in [-0.2, -0.15) is 0 Å². The molecule has 0 aliphatic rings. The molecular formula is C11H18N2O2. The largest absolute Gasteiger partial charge is 0.328 e. The van der Waals surface area contributed by atoms with E-state index in [4.69, 9.17) is 0 Å². The normalized spacial score (nSPS) is 12.7. The monoisotopic (exact) mass is 210 g/mol. The maximum Gasteiger partial charge on any atom is 0.328 e. The third kappa shape index (κ3) is 3.08. The van der Waals surface area contributed by atoms with Crippen molar-refractivity contribution in [3.63, 3.8) is 0 Å². The maximum absolute atomic E-state index is 11.4. The van der Waals surface area contributed by atoms with Gasteiger partial charge in [0.2, 0.25) is 0 Å². The molecule has 0 amide bonds. The summed E-state index contributed by atoms with van der Waals surface area (Å²) < 4.78 is 1.58. The molecule has 15 heavy (non-hydrogen) atoms. The van der Waals surface area contributed by atoms with E-state index in [1.807, 2.05) is 0 Å². The van der Waals surface area contributed by atoms with Gasteiger partial charge in [0.1, 0.15) is 0 Å². The van der Waals surface area contributed by atoms with Crippen LogP contribution in [0.3, 0.4) is 0 Å². The van der Waals surface area contributed by atoms with Crippen molar-refractivity contribution in [3.8, 4) is 0 Å². The van der Waals surface area contributed by atoms with Gasteiger partial charge in [0.15, 0.2) is 0 Å². The molecular weight excluding hydrogens is 192 g/mol. The predicted molar refractivity (Wildman–Crippen MR) is 60.1 cm³/mol. The minimum atomic E-state index is -0.312. The maximum atomic E-state index is 11.4. The summed E-state index contributed by atoms with van der Waals surface area (Å²) in [6.45, 7) is 6.61. The molecule has 1 N–H and O–H groups in total. The highest BCUT2D eigenvalue weighted by atomic mass is 16.2. The van der Waals surface area contributed by atoms with Crippen LogP contribution in [0.15, 0.2) is 15.8 Å². The zero-order valence-corrected chi connectivity index (χ0v) is 9.54. The van der Waals surface area contributed by atoms with Crippen LogP contribution >= 0.6 is 0 Å². The Morgan fingerprint density at radius 3 is 2.73 bits per heavy atom. The topological polar surface area (TPSA) is 54.9 Å². The Morgan fingerprint density at radius 1 is 1.47 bits per heavy atom. The van der Waals surface area contributed by atoms with Crippen LogP contribution in [0.25, 0.3) is 0 Å². The van der Waals surface area contributed by atoms with Crippen molar-refractivity contribution in [2.75, 3.05) is 0 Å². The van der Waals surface area contributed by atoms with Crippen LogP contribution < -0.4 is 11.2 Å². The van der Waals surface area contributed by atoms with Gasteiger partial charge in [0.25, 0.3) is 5.56 Å². The minimum Gasteiger partial charge on any atom is -0.300 e. The SMILES string of the molecule is CCCC(C)Cn1cc(C)c(=O)[nH]c1=O. The number of aryl methyl sites for hydroxylation is 1. The molecule has 1 aromatic rings. The van der Waals surface area contributed by atoms with Crippen LogP contribution in [0, 0.1) is 12.8 Å². The van der Waals surface area contributed by atoms with Gasteiger partial charge in [0, 0.05) is 18.3 Å². The van der Waals surface area contributed by atoms with Gasteiger partial charge < -0.3 is 4.57 Å². The number of aromatic amines is 1. The Kier molecular flexibility index (Phi) is 3.88. The van der Waals surface area contributed by atoms with Gasteiger partial charge in [-0.05, 0) is 19.3 Å². The molecule has 0 fully saturated rings. The Morgan fingerprint density at radius 2 is 2.13 bits per heavy atom. The number of rotatable bonds is 4. The molecule has 84 valence electrons. The first-order valence-electron chi connectivity index (χ1n) is 5.35. The van der Waals surface area contributed by atoms with Crippen LogP contribution in [-0.4, -0.2) is 9.55 Å². The molecule has 1 aromatic heterocycles. The summed E-state index contributed by atoms with van der Waals surface area (Å²) in [7, 11) is 0. The first-order chi connectivity index (χ1) is 7.04. The predicted octanol–water partition coefficient (Wildman–Crippen LogP) is 1.28. The van der Waals surface area contributed by atoms with Gasteiger partial charge in [-0.3, -0.25) is 9.78 Å². The van der Waals surface area contributed by atoms with E-state index in [0.29, 0.717) is 18.0 Å². The van der Waals surface area contributed by atoms with Crippen LogP contribution in [0.4, 0.5) is 0 Å². The van der Waals surface area contributed by atoms with E-state index in [1.54, 1.807) is 17.7 Å². The number of hydrogen-bond acceptors (Lipinski definition) is 2. The van der Waals surface area contributed by atoms with E-state index in [9.17, 15) is 9.59 Å². The Balaban J connectivity index is 2.91. The Hall–Kier alpha value is -1.32. The van der Waals surface area contributed by atoms with Crippen molar-refractivity contribution in [2.45, 2.75) is 40.2 Å². The molecule has 0 aliphatic heterocycles. The minimum absolute atomic E-state index is 0.292. The van der Waals surface area contributed by atoms with Gasteiger partial charge in [-0.15, -0.1) is 0 Å². The fraction of sp³-hybridized carbons (Fsp3) is 0.636. The molecule has 0 aliphatic carbocycles. The van der Waals surface area contributed by atoms with Crippen molar-refractivity contribution in [3.05, 3.63) is 32.6 Å². The zero-order chi connectivity index (χ0) is 11.4. The number of hydrogen-bond donors (Lipinski definition) is 1. The molecule has 1 unspecified atom stereocenters. The van der Waals surface area contributed by atoms with Crippen molar-refractivity contribution in [1.82, 2.24) is 9.55 Å². The number of H-pyrrole nitrogens is 1. The molecule has 0 aromatic carbocycles.